The van der Waals surface area contributed by atoms with Crippen LogP contribution >= 0.6 is 0 Å². The van der Waals surface area contributed by atoms with Crippen LogP contribution in [0.1, 0.15) is 39.0 Å². The highest BCUT2D eigenvalue weighted by molar-refractivity contribution is 5.76. The minimum Gasteiger partial charge on any atom is -0.356 e. The van der Waals surface area contributed by atoms with Gasteiger partial charge in [-0.3, -0.25) is 4.79 Å². The molecule has 0 bridgehead atoms. The Morgan fingerprint density at radius 3 is 2.86 bits per heavy atom. The van der Waals surface area contributed by atoms with Crippen LogP contribution in [0, 0.1) is 11.8 Å². The molecule has 82 valence electrons. The molecule has 3 N–H and O–H groups in total. The largest absolute Gasteiger partial charge is 0.356 e. The van der Waals surface area contributed by atoms with Gasteiger partial charge in [0.25, 0.3) is 0 Å². The SMILES string of the molecule is CC(CN)CCCNC(=O)CC1CC1. The molecule has 1 fully saturated rings. The second-order valence-electron chi connectivity index (χ2n) is 4.48. The lowest BCUT2D eigenvalue weighted by atomic mass is 10.1. The first-order valence-electron chi connectivity index (χ1n) is 5.69. The van der Waals surface area contributed by atoms with Crippen LogP contribution < -0.4 is 11.1 Å². The lowest BCUT2D eigenvalue weighted by Gasteiger charge is -2.08. The zero-order chi connectivity index (χ0) is 10.4. The zero-order valence-corrected chi connectivity index (χ0v) is 9.09. The zero-order valence-electron chi connectivity index (χ0n) is 9.09. The lowest BCUT2D eigenvalue weighted by molar-refractivity contribution is -0.121. The van der Waals surface area contributed by atoms with Crippen molar-refractivity contribution in [3.63, 3.8) is 0 Å². The Balaban J connectivity index is 1.89. The van der Waals surface area contributed by atoms with Crippen molar-refractivity contribution in [2.24, 2.45) is 17.6 Å². The summed E-state index contributed by atoms with van der Waals surface area (Å²) in [6.07, 6.45) is 5.40. The number of hydrogen-bond acceptors (Lipinski definition) is 2. The maximum Gasteiger partial charge on any atom is 0.220 e. The molecule has 0 heterocycles. The third kappa shape index (κ3) is 5.22. The summed E-state index contributed by atoms with van der Waals surface area (Å²) in [6, 6.07) is 0. The summed E-state index contributed by atoms with van der Waals surface area (Å²) in [5, 5.41) is 2.95. The predicted molar refractivity (Wildman–Crippen MR) is 57.8 cm³/mol. The molecular weight excluding hydrogens is 176 g/mol. The molecule has 1 aliphatic carbocycles. The lowest BCUT2D eigenvalue weighted by Crippen LogP contribution is -2.25. The number of carbonyl (C=O) groups is 1. The van der Waals surface area contributed by atoms with Gasteiger partial charge in [-0.15, -0.1) is 0 Å². The number of nitrogens with one attached hydrogen (secondary N) is 1. The third-order valence-corrected chi connectivity index (χ3v) is 2.77. The highest BCUT2D eigenvalue weighted by Crippen LogP contribution is 2.31. The molecule has 1 rings (SSSR count). The van der Waals surface area contributed by atoms with E-state index in [1.54, 1.807) is 0 Å². The Bertz CT molecular complexity index is 178. The summed E-state index contributed by atoms with van der Waals surface area (Å²) in [5.74, 6) is 1.50. The van der Waals surface area contributed by atoms with E-state index in [2.05, 4.69) is 12.2 Å². The van der Waals surface area contributed by atoms with Crippen LogP contribution in [-0.2, 0) is 4.79 Å². The van der Waals surface area contributed by atoms with Crippen LogP contribution in [0.15, 0.2) is 0 Å². The Kier molecular flexibility index (Phi) is 4.94. The molecule has 0 aliphatic heterocycles. The van der Waals surface area contributed by atoms with Gasteiger partial charge in [0.2, 0.25) is 5.91 Å². The van der Waals surface area contributed by atoms with Gasteiger partial charge in [-0.1, -0.05) is 6.92 Å². The molecule has 1 amide bonds. The van der Waals surface area contributed by atoms with E-state index in [1.807, 2.05) is 0 Å². The molecule has 0 saturated heterocycles. The Morgan fingerprint density at radius 1 is 1.57 bits per heavy atom. The van der Waals surface area contributed by atoms with Gasteiger partial charge in [-0.2, -0.15) is 0 Å². The van der Waals surface area contributed by atoms with Crippen molar-refractivity contribution in [1.29, 1.82) is 0 Å². The fourth-order valence-electron chi connectivity index (χ4n) is 1.45. The number of hydrogen-bond donors (Lipinski definition) is 2. The topological polar surface area (TPSA) is 55.1 Å². The van der Waals surface area contributed by atoms with Crippen molar-refractivity contribution in [3.05, 3.63) is 0 Å². The van der Waals surface area contributed by atoms with Crippen molar-refractivity contribution in [3.8, 4) is 0 Å². The van der Waals surface area contributed by atoms with Crippen molar-refractivity contribution in [2.45, 2.75) is 39.0 Å². The van der Waals surface area contributed by atoms with Gasteiger partial charge in [0.05, 0.1) is 0 Å². The fourth-order valence-corrected chi connectivity index (χ4v) is 1.45. The van der Waals surface area contributed by atoms with Crippen LogP contribution in [0.25, 0.3) is 0 Å². The molecule has 3 nitrogen and oxygen atoms in total. The summed E-state index contributed by atoms with van der Waals surface area (Å²) < 4.78 is 0. The summed E-state index contributed by atoms with van der Waals surface area (Å²) in [4.78, 5) is 11.3. The number of rotatable bonds is 7. The van der Waals surface area contributed by atoms with Crippen molar-refractivity contribution < 1.29 is 4.79 Å². The highest BCUT2D eigenvalue weighted by Gasteiger charge is 2.23. The summed E-state index contributed by atoms with van der Waals surface area (Å²) in [7, 11) is 0. The van der Waals surface area contributed by atoms with Gasteiger partial charge in [-0.25, -0.2) is 0 Å². The Hall–Kier alpha value is -0.570. The first-order chi connectivity index (χ1) is 6.72. The third-order valence-electron chi connectivity index (χ3n) is 2.77. The smallest absolute Gasteiger partial charge is 0.220 e. The Labute approximate surface area is 86.4 Å². The van der Waals surface area contributed by atoms with Gasteiger partial charge >= 0.3 is 0 Å². The molecule has 0 aromatic heterocycles. The van der Waals surface area contributed by atoms with E-state index in [4.69, 9.17) is 5.73 Å². The Morgan fingerprint density at radius 2 is 2.29 bits per heavy atom. The van der Waals surface area contributed by atoms with E-state index in [0.717, 1.165) is 32.4 Å². The normalized spacial score (nSPS) is 17.9. The molecule has 3 heteroatoms. The van der Waals surface area contributed by atoms with Crippen LogP contribution in [0.2, 0.25) is 0 Å². The van der Waals surface area contributed by atoms with Gasteiger partial charge in [-0.05, 0) is 44.1 Å². The van der Waals surface area contributed by atoms with E-state index in [0.29, 0.717) is 11.8 Å². The highest BCUT2D eigenvalue weighted by atomic mass is 16.1. The molecule has 0 spiro atoms. The molecule has 0 aromatic carbocycles. The van der Waals surface area contributed by atoms with Crippen molar-refractivity contribution >= 4 is 5.91 Å². The molecule has 1 saturated carbocycles. The van der Waals surface area contributed by atoms with E-state index in [1.165, 1.54) is 12.8 Å². The quantitative estimate of drug-likeness (QED) is 0.605. The molecule has 14 heavy (non-hydrogen) atoms. The number of carbonyl (C=O) groups excluding carboxylic acids is 1. The van der Waals surface area contributed by atoms with Gasteiger partial charge < -0.3 is 11.1 Å². The fraction of sp³-hybridized carbons (Fsp3) is 0.909. The van der Waals surface area contributed by atoms with Crippen molar-refractivity contribution in [2.75, 3.05) is 13.1 Å². The molecular formula is C11H22N2O. The minimum absolute atomic E-state index is 0.230. The molecule has 1 atom stereocenters. The van der Waals surface area contributed by atoms with E-state index < -0.39 is 0 Å². The first kappa shape index (κ1) is 11.5. The van der Waals surface area contributed by atoms with Gasteiger partial charge in [0.1, 0.15) is 0 Å². The maximum absolute atomic E-state index is 11.3. The van der Waals surface area contributed by atoms with E-state index >= 15 is 0 Å². The molecule has 1 aliphatic rings. The monoisotopic (exact) mass is 198 g/mol. The van der Waals surface area contributed by atoms with E-state index in [9.17, 15) is 4.79 Å². The minimum atomic E-state index is 0.230. The van der Waals surface area contributed by atoms with Crippen LogP contribution in [0.5, 0.6) is 0 Å². The maximum atomic E-state index is 11.3. The number of nitrogens with two attached hydrogens (primary N) is 1. The number of amides is 1. The standard InChI is InChI=1S/C11H22N2O/c1-9(8-12)3-2-6-13-11(14)7-10-4-5-10/h9-10H,2-8,12H2,1H3,(H,13,14). The average molecular weight is 198 g/mol. The molecule has 1 unspecified atom stereocenters. The van der Waals surface area contributed by atoms with Crippen LogP contribution in [0.3, 0.4) is 0 Å². The summed E-state index contributed by atoms with van der Waals surface area (Å²) >= 11 is 0. The predicted octanol–water partition coefficient (Wildman–Crippen LogP) is 1.28. The second kappa shape index (κ2) is 6.02. The second-order valence-corrected chi connectivity index (χ2v) is 4.48. The van der Waals surface area contributed by atoms with Crippen LogP contribution in [0.4, 0.5) is 0 Å². The van der Waals surface area contributed by atoms with Gasteiger partial charge in [0, 0.05) is 13.0 Å². The first-order valence-corrected chi connectivity index (χ1v) is 5.69. The van der Waals surface area contributed by atoms with Crippen LogP contribution in [-0.4, -0.2) is 19.0 Å². The molecule has 0 radical (unpaired) electrons. The van der Waals surface area contributed by atoms with E-state index in [-0.39, 0.29) is 5.91 Å². The average Bonchev–Trinajstić information content (AvgIpc) is 2.95. The summed E-state index contributed by atoms with van der Waals surface area (Å²) in [5.41, 5.74) is 5.50. The van der Waals surface area contributed by atoms with Gasteiger partial charge in [0.15, 0.2) is 0 Å². The van der Waals surface area contributed by atoms with Crippen molar-refractivity contribution in [1.82, 2.24) is 5.32 Å². The summed E-state index contributed by atoms with van der Waals surface area (Å²) in [6.45, 7) is 3.71. The molecule has 0 aromatic rings.